The highest BCUT2D eigenvalue weighted by Gasteiger charge is 2.42. The van der Waals surface area contributed by atoms with Crippen LogP contribution in [-0.2, 0) is 9.59 Å². The highest BCUT2D eigenvalue weighted by atomic mass is 16.5. The maximum atomic E-state index is 12.9. The van der Waals surface area contributed by atoms with Crippen LogP contribution in [0.5, 0.6) is 11.5 Å². The van der Waals surface area contributed by atoms with Crippen molar-refractivity contribution in [1.82, 2.24) is 10.2 Å². The van der Waals surface area contributed by atoms with Crippen molar-refractivity contribution in [3.63, 3.8) is 0 Å². The third-order valence-corrected chi connectivity index (χ3v) is 5.56. The van der Waals surface area contributed by atoms with E-state index in [4.69, 9.17) is 9.47 Å². The average molecular weight is 374 g/mol. The molecule has 1 N–H and O–H groups in total. The number of para-hydroxylation sites is 1. The van der Waals surface area contributed by atoms with Gasteiger partial charge >= 0.3 is 0 Å². The summed E-state index contributed by atoms with van der Waals surface area (Å²) in [5.74, 6) is 1.52. The SMILES string of the molecule is COc1cccc([C@H]2CN(C(=O)C(C)C)C[C@H]2C(=O)NCC2CC2)c1OC. The van der Waals surface area contributed by atoms with E-state index in [2.05, 4.69) is 5.32 Å². The van der Waals surface area contributed by atoms with Crippen LogP contribution in [0.25, 0.3) is 0 Å². The molecule has 1 heterocycles. The Balaban J connectivity index is 1.88. The number of rotatable bonds is 7. The highest BCUT2D eigenvalue weighted by Crippen LogP contribution is 2.42. The van der Waals surface area contributed by atoms with Crippen molar-refractivity contribution < 1.29 is 19.1 Å². The van der Waals surface area contributed by atoms with Crippen LogP contribution in [0.2, 0.25) is 0 Å². The molecule has 6 nitrogen and oxygen atoms in total. The van der Waals surface area contributed by atoms with Gasteiger partial charge in [0.25, 0.3) is 0 Å². The first-order valence-electron chi connectivity index (χ1n) is 9.73. The standard InChI is InChI=1S/C21H30N2O4/c1-13(2)21(25)23-11-16(15-6-5-7-18(26-3)19(15)27-4)17(12-23)20(24)22-10-14-8-9-14/h5-7,13-14,16-17H,8-12H2,1-4H3,(H,22,24)/t16-,17-/m1/s1. The molecule has 1 aliphatic heterocycles. The van der Waals surface area contributed by atoms with Crippen molar-refractivity contribution in [2.45, 2.75) is 32.6 Å². The predicted octanol–water partition coefficient (Wildman–Crippen LogP) is 2.43. The van der Waals surface area contributed by atoms with E-state index in [0.29, 0.717) is 30.5 Å². The van der Waals surface area contributed by atoms with Crippen molar-refractivity contribution >= 4 is 11.8 Å². The Morgan fingerprint density at radius 3 is 2.52 bits per heavy atom. The first-order chi connectivity index (χ1) is 13.0. The summed E-state index contributed by atoms with van der Waals surface area (Å²) in [6, 6.07) is 5.72. The molecule has 0 bridgehead atoms. The molecule has 1 aromatic rings. The summed E-state index contributed by atoms with van der Waals surface area (Å²) in [6.07, 6.45) is 2.38. The molecule has 2 fully saturated rings. The summed E-state index contributed by atoms with van der Waals surface area (Å²) in [5, 5.41) is 3.09. The average Bonchev–Trinajstić information content (AvgIpc) is 3.40. The zero-order chi connectivity index (χ0) is 19.6. The summed E-state index contributed by atoms with van der Waals surface area (Å²) < 4.78 is 11.0. The number of hydrogen-bond acceptors (Lipinski definition) is 4. The first kappa shape index (κ1) is 19.5. The third kappa shape index (κ3) is 4.20. The highest BCUT2D eigenvalue weighted by molar-refractivity contribution is 5.84. The fraction of sp³-hybridized carbons (Fsp3) is 0.619. The van der Waals surface area contributed by atoms with Gasteiger partial charge in [-0.2, -0.15) is 0 Å². The van der Waals surface area contributed by atoms with E-state index in [1.807, 2.05) is 36.9 Å². The lowest BCUT2D eigenvalue weighted by molar-refractivity contribution is -0.133. The summed E-state index contributed by atoms with van der Waals surface area (Å²) >= 11 is 0. The van der Waals surface area contributed by atoms with Crippen LogP contribution < -0.4 is 14.8 Å². The molecule has 2 aliphatic rings. The molecule has 1 aliphatic carbocycles. The Morgan fingerprint density at radius 2 is 1.93 bits per heavy atom. The van der Waals surface area contributed by atoms with Gasteiger partial charge in [0.15, 0.2) is 11.5 Å². The van der Waals surface area contributed by atoms with E-state index in [1.165, 1.54) is 12.8 Å². The molecule has 2 amide bonds. The van der Waals surface area contributed by atoms with Crippen LogP contribution >= 0.6 is 0 Å². The zero-order valence-corrected chi connectivity index (χ0v) is 16.7. The van der Waals surface area contributed by atoms with Crippen molar-refractivity contribution in [2.24, 2.45) is 17.8 Å². The quantitative estimate of drug-likeness (QED) is 0.796. The van der Waals surface area contributed by atoms with Crippen LogP contribution in [0.4, 0.5) is 0 Å². The monoisotopic (exact) mass is 374 g/mol. The number of carbonyl (C=O) groups excluding carboxylic acids is 2. The largest absolute Gasteiger partial charge is 0.493 e. The van der Waals surface area contributed by atoms with Crippen molar-refractivity contribution in [1.29, 1.82) is 0 Å². The van der Waals surface area contributed by atoms with Gasteiger partial charge in [-0.3, -0.25) is 9.59 Å². The smallest absolute Gasteiger partial charge is 0.225 e. The summed E-state index contributed by atoms with van der Waals surface area (Å²) in [7, 11) is 3.21. The van der Waals surface area contributed by atoms with Crippen molar-refractivity contribution in [3.05, 3.63) is 23.8 Å². The second kappa shape index (κ2) is 8.19. The number of nitrogens with one attached hydrogen (secondary N) is 1. The van der Waals surface area contributed by atoms with Crippen LogP contribution in [-0.4, -0.2) is 50.6 Å². The second-order valence-corrected chi connectivity index (χ2v) is 7.88. The van der Waals surface area contributed by atoms with Gasteiger partial charge in [0.05, 0.1) is 20.1 Å². The minimum Gasteiger partial charge on any atom is -0.493 e. The van der Waals surface area contributed by atoms with Crippen LogP contribution in [0.15, 0.2) is 18.2 Å². The minimum atomic E-state index is -0.285. The minimum absolute atomic E-state index is 0.0239. The van der Waals surface area contributed by atoms with Crippen LogP contribution in [0.3, 0.4) is 0 Å². The van der Waals surface area contributed by atoms with Gasteiger partial charge in [-0.05, 0) is 24.8 Å². The maximum Gasteiger partial charge on any atom is 0.225 e. The lowest BCUT2D eigenvalue weighted by Crippen LogP contribution is -2.37. The van der Waals surface area contributed by atoms with Gasteiger partial charge in [-0.25, -0.2) is 0 Å². The molecule has 6 heteroatoms. The van der Waals surface area contributed by atoms with E-state index < -0.39 is 0 Å². The third-order valence-electron chi connectivity index (χ3n) is 5.56. The van der Waals surface area contributed by atoms with E-state index in [-0.39, 0.29) is 29.6 Å². The Kier molecular flexibility index (Phi) is 5.92. The Morgan fingerprint density at radius 1 is 1.19 bits per heavy atom. The summed E-state index contributed by atoms with van der Waals surface area (Å²) in [6.45, 7) is 5.48. The number of methoxy groups -OCH3 is 2. The van der Waals surface area contributed by atoms with Gasteiger partial charge in [0, 0.05) is 37.0 Å². The summed E-state index contributed by atoms with van der Waals surface area (Å²) in [4.78, 5) is 27.3. The van der Waals surface area contributed by atoms with E-state index in [1.54, 1.807) is 14.2 Å². The molecule has 1 aromatic carbocycles. The van der Waals surface area contributed by atoms with Crippen LogP contribution in [0, 0.1) is 17.8 Å². The molecule has 0 radical (unpaired) electrons. The maximum absolute atomic E-state index is 12.9. The molecule has 0 unspecified atom stereocenters. The zero-order valence-electron chi connectivity index (χ0n) is 16.7. The molecule has 0 spiro atoms. The van der Waals surface area contributed by atoms with Crippen molar-refractivity contribution in [3.8, 4) is 11.5 Å². The number of ether oxygens (including phenoxy) is 2. The number of amides is 2. The van der Waals surface area contributed by atoms with Gasteiger partial charge < -0.3 is 19.7 Å². The second-order valence-electron chi connectivity index (χ2n) is 7.88. The van der Waals surface area contributed by atoms with Crippen LogP contribution in [0.1, 0.15) is 38.2 Å². The fourth-order valence-electron chi connectivity index (χ4n) is 3.83. The number of hydrogen-bond donors (Lipinski definition) is 1. The van der Waals surface area contributed by atoms with Gasteiger partial charge in [0.2, 0.25) is 11.8 Å². The molecule has 2 atom stereocenters. The van der Waals surface area contributed by atoms with Crippen molar-refractivity contribution in [2.75, 3.05) is 33.9 Å². The lowest BCUT2D eigenvalue weighted by atomic mass is 9.87. The number of benzene rings is 1. The molecule has 1 saturated carbocycles. The first-order valence-corrected chi connectivity index (χ1v) is 9.73. The molecule has 1 saturated heterocycles. The fourth-order valence-corrected chi connectivity index (χ4v) is 3.83. The predicted molar refractivity (Wildman–Crippen MR) is 103 cm³/mol. The molecular formula is C21H30N2O4. The lowest BCUT2D eigenvalue weighted by Gasteiger charge is -2.21. The normalized spacial score (nSPS) is 22.0. The Labute approximate surface area is 161 Å². The Bertz CT molecular complexity index is 699. The van der Waals surface area contributed by atoms with E-state index in [9.17, 15) is 9.59 Å². The molecule has 27 heavy (non-hydrogen) atoms. The van der Waals surface area contributed by atoms with E-state index >= 15 is 0 Å². The Hall–Kier alpha value is -2.24. The van der Waals surface area contributed by atoms with Gasteiger partial charge in [-0.15, -0.1) is 0 Å². The van der Waals surface area contributed by atoms with Gasteiger partial charge in [-0.1, -0.05) is 26.0 Å². The topological polar surface area (TPSA) is 67.9 Å². The van der Waals surface area contributed by atoms with E-state index in [0.717, 1.165) is 12.1 Å². The molecule has 0 aromatic heterocycles. The molecule has 3 rings (SSSR count). The summed E-state index contributed by atoms with van der Waals surface area (Å²) in [5.41, 5.74) is 0.919. The molecule has 148 valence electrons. The molecular weight excluding hydrogens is 344 g/mol. The number of nitrogens with zero attached hydrogens (tertiary/aromatic N) is 1. The van der Waals surface area contributed by atoms with Gasteiger partial charge in [0.1, 0.15) is 0 Å². The number of likely N-dealkylation sites (tertiary alicyclic amines) is 1. The number of carbonyl (C=O) groups is 2.